The highest BCUT2D eigenvalue weighted by atomic mass is 16.2. The van der Waals surface area contributed by atoms with E-state index in [1.165, 1.54) is 0 Å². The van der Waals surface area contributed by atoms with Crippen molar-refractivity contribution in [1.82, 2.24) is 0 Å². The fraction of sp³-hybridized carbons (Fsp3) is 0.158. The van der Waals surface area contributed by atoms with Crippen LogP contribution in [0.25, 0.3) is 0 Å². The van der Waals surface area contributed by atoms with E-state index in [1.807, 2.05) is 6.07 Å². The maximum absolute atomic E-state index is 12.8. The highest BCUT2D eigenvalue weighted by Gasteiger charge is 2.42. The minimum Gasteiger partial charge on any atom is -0.297 e. The van der Waals surface area contributed by atoms with Gasteiger partial charge in [0.15, 0.2) is 11.6 Å². The Kier molecular flexibility index (Phi) is 3.98. The molecule has 2 aromatic carbocycles. The van der Waals surface area contributed by atoms with E-state index in [2.05, 4.69) is 4.99 Å². The lowest BCUT2D eigenvalue weighted by atomic mass is 9.78. The summed E-state index contributed by atoms with van der Waals surface area (Å²) in [4.78, 5) is 41.7. The molecule has 0 aliphatic carbocycles. The SMILES string of the molecule is CC1=NC(=O)C(c2ccccc2)C(=O)C1C(=O)c1ccccc1. The van der Waals surface area contributed by atoms with Crippen molar-refractivity contribution in [2.45, 2.75) is 12.8 Å². The van der Waals surface area contributed by atoms with Gasteiger partial charge in [-0.15, -0.1) is 0 Å². The van der Waals surface area contributed by atoms with Crippen LogP contribution in [0.5, 0.6) is 0 Å². The number of nitrogens with zero attached hydrogens (tertiary/aromatic N) is 1. The van der Waals surface area contributed by atoms with Crippen molar-refractivity contribution in [2.24, 2.45) is 10.9 Å². The molecule has 4 nitrogen and oxygen atoms in total. The van der Waals surface area contributed by atoms with Crippen LogP contribution in [-0.4, -0.2) is 23.2 Å². The summed E-state index contributed by atoms with van der Waals surface area (Å²) in [5.41, 5.74) is 1.28. The van der Waals surface area contributed by atoms with Crippen LogP contribution in [-0.2, 0) is 9.59 Å². The molecule has 0 radical (unpaired) electrons. The molecular weight excluding hydrogens is 290 g/mol. The van der Waals surface area contributed by atoms with Gasteiger partial charge in [0.25, 0.3) is 5.91 Å². The molecule has 2 atom stereocenters. The van der Waals surface area contributed by atoms with E-state index in [4.69, 9.17) is 0 Å². The number of carbonyl (C=O) groups excluding carboxylic acids is 3. The first-order chi connectivity index (χ1) is 11.1. The maximum Gasteiger partial charge on any atom is 0.260 e. The van der Waals surface area contributed by atoms with Crippen LogP contribution >= 0.6 is 0 Å². The second-order valence-electron chi connectivity index (χ2n) is 5.50. The van der Waals surface area contributed by atoms with Gasteiger partial charge in [-0.2, -0.15) is 0 Å². The third kappa shape index (κ3) is 2.75. The Morgan fingerprint density at radius 1 is 0.913 bits per heavy atom. The molecule has 1 aliphatic rings. The Bertz CT molecular complexity index is 794. The van der Waals surface area contributed by atoms with Gasteiger partial charge in [-0.1, -0.05) is 60.7 Å². The number of Topliss-reactive ketones (excluding diaryl/α,β-unsaturated/α-hetero) is 2. The molecule has 2 unspecified atom stereocenters. The number of aliphatic imine (C=N–C) groups is 1. The molecule has 0 fully saturated rings. The highest BCUT2D eigenvalue weighted by Crippen LogP contribution is 2.29. The lowest BCUT2D eigenvalue weighted by Gasteiger charge is -2.24. The Morgan fingerprint density at radius 2 is 1.48 bits per heavy atom. The summed E-state index contributed by atoms with van der Waals surface area (Å²) in [5.74, 6) is -3.22. The number of ketones is 2. The second-order valence-corrected chi connectivity index (χ2v) is 5.50. The van der Waals surface area contributed by atoms with Crippen LogP contribution in [0.1, 0.15) is 28.8 Å². The average molecular weight is 305 g/mol. The fourth-order valence-electron chi connectivity index (χ4n) is 2.84. The van der Waals surface area contributed by atoms with Gasteiger partial charge in [0.2, 0.25) is 0 Å². The van der Waals surface area contributed by atoms with Gasteiger partial charge in [0.05, 0.1) is 0 Å². The van der Waals surface area contributed by atoms with E-state index in [1.54, 1.807) is 61.5 Å². The average Bonchev–Trinajstić information content (AvgIpc) is 2.56. The molecule has 0 N–H and O–H groups in total. The standard InChI is InChI=1S/C19H15NO3/c1-12-15(17(21)14-10-6-3-7-11-14)18(22)16(19(23)20-12)13-8-4-2-5-9-13/h2-11,15-16H,1H3. The van der Waals surface area contributed by atoms with Crippen LogP contribution in [0, 0.1) is 5.92 Å². The smallest absolute Gasteiger partial charge is 0.260 e. The van der Waals surface area contributed by atoms with Crippen LogP contribution in [0.2, 0.25) is 0 Å². The summed E-state index contributed by atoms with van der Waals surface area (Å²) in [6, 6.07) is 17.4. The number of hydrogen-bond acceptors (Lipinski definition) is 3. The summed E-state index contributed by atoms with van der Waals surface area (Å²) in [6.07, 6.45) is 0. The zero-order valence-electron chi connectivity index (χ0n) is 12.6. The summed E-state index contributed by atoms with van der Waals surface area (Å²) < 4.78 is 0. The van der Waals surface area contributed by atoms with Crippen molar-refractivity contribution in [3.63, 3.8) is 0 Å². The van der Waals surface area contributed by atoms with Crippen molar-refractivity contribution < 1.29 is 14.4 Å². The molecule has 0 saturated carbocycles. The van der Waals surface area contributed by atoms with E-state index < -0.39 is 23.5 Å². The van der Waals surface area contributed by atoms with Gasteiger partial charge in [-0.25, -0.2) is 4.99 Å². The van der Waals surface area contributed by atoms with Crippen LogP contribution in [0.3, 0.4) is 0 Å². The van der Waals surface area contributed by atoms with Gasteiger partial charge < -0.3 is 0 Å². The summed E-state index contributed by atoms with van der Waals surface area (Å²) in [6.45, 7) is 1.56. The zero-order chi connectivity index (χ0) is 16.4. The van der Waals surface area contributed by atoms with Gasteiger partial charge in [0.1, 0.15) is 11.8 Å². The minimum atomic E-state index is -1.00. The Balaban J connectivity index is 2.01. The Morgan fingerprint density at radius 3 is 2.09 bits per heavy atom. The van der Waals surface area contributed by atoms with E-state index >= 15 is 0 Å². The van der Waals surface area contributed by atoms with Crippen molar-refractivity contribution in [3.8, 4) is 0 Å². The Hall–Kier alpha value is -2.88. The normalized spacial score (nSPS) is 21.0. The first kappa shape index (κ1) is 15.0. The minimum absolute atomic E-state index is 0.265. The molecule has 4 heteroatoms. The Labute approximate surface area is 133 Å². The number of hydrogen-bond donors (Lipinski definition) is 0. The highest BCUT2D eigenvalue weighted by molar-refractivity contribution is 6.33. The van der Waals surface area contributed by atoms with E-state index in [0.717, 1.165) is 0 Å². The lowest BCUT2D eigenvalue weighted by molar-refractivity contribution is -0.129. The first-order valence-corrected chi connectivity index (χ1v) is 7.36. The monoisotopic (exact) mass is 305 g/mol. The number of carbonyl (C=O) groups is 3. The van der Waals surface area contributed by atoms with E-state index in [-0.39, 0.29) is 11.5 Å². The number of rotatable bonds is 3. The summed E-state index contributed by atoms with van der Waals surface area (Å²) in [5, 5.41) is 0. The third-order valence-corrected chi connectivity index (χ3v) is 3.97. The van der Waals surface area contributed by atoms with E-state index in [9.17, 15) is 14.4 Å². The molecule has 0 spiro atoms. The molecule has 23 heavy (non-hydrogen) atoms. The van der Waals surface area contributed by atoms with Gasteiger partial charge >= 0.3 is 0 Å². The molecule has 3 rings (SSSR count). The van der Waals surface area contributed by atoms with Crippen LogP contribution in [0.4, 0.5) is 0 Å². The fourth-order valence-corrected chi connectivity index (χ4v) is 2.84. The van der Waals surface area contributed by atoms with Gasteiger partial charge in [-0.3, -0.25) is 14.4 Å². The van der Waals surface area contributed by atoms with Crippen molar-refractivity contribution in [3.05, 3.63) is 71.8 Å². The molecule has 1 amide bonds. The molecule has 0 bridgehead atoms. The number of amides is 1. The lowest BCUT2D eigenvalue weighted by Crippen LogP contribution is -2.41. The van der Waals surface area contributed by atoms with Gasteiger partial charge in [-0.05, 0) is 12.5 Å². The summed E-state index contributed by atoms with van der Waals surface area (Å²) >= 11 is 0. The maximum atomic E-state index is 12.8. The van der Waals surface area contributed by atoms with E-state index in [0.29, 0.717) is 11.1 Å². The largest absolute Gasteiger partial charge is 0.297 e. The van der Waals surface area contributed by atoms with Crippen LogP contribution in [0.15, 0.2) is 65.7 Å². The summed E-state index contributed by atoms with van der Waals surface area (Å²) in [7, 11) is 0. The number of benzene rings is 2. The predicted octanol–water partition coefficient (Wildman–Crippen LogP) is 2.84. The first-order valence-electron chi connectivity index (χ1n) is 7.36. The molecule has 0 aromatic heterocycles. The topological polar surface area (TPSA) is 63.6 Å². The molecule has 2 aromatic rings. The predicted molar refractivity (Wildman–Crippen MR) is 86.6 cm³/mol. The molecular formula is C19H15NO3. The molecule has 114 valence electrons. The third-order valence-electron chi connectivity index (χ3n) is 3.97. The molecule has 0 saturated heterocycles. The molecule has 1 heterocycles. The quantitative estimate of drug-likeness (QED) is 0.647. The van der Waals surface area contributed by atoms with Crippen molar-refractivity contribution >= 4 is 23.2 Å². The molecule has 1 aliphatic heterocycles. The van der Waals surface area contributed by atoms with Crippen molar-refractivity contribution in [2.75, 3.05) is 0 Å². The zero-order valence-corrected chi connectivity index (χ0v) is 12.6. The second kappa shape index (κ2) is 6.08. The van der Waals surface area contributed by atoms with Crippen molar-refractivity contribution in [1.29, 1.82) is 0 Å². The van der Waals surface area contributed by atoms with Gasteiger partial charge in [0, 0.05) is 11.3 Å². The van der Waals surface area contributed by atoms with Crippen LogP contribution < -0.4 is 0 Å².